The van der Waals surface area contributed by atoms with Crippen LogP contribution in [0.3, 0.4) is 0 Å². The van der Waals surface area contributed by atoms with Gasteiger partial charge in [-0.1, -0.05) is 36.6 Å². The molecule has 1 saturated carbocycles. The zero-order valence-electron chi connectivity index (χ0n) is 17.5. The molecule has 0 N–H and O–H groups in total. The number of hydrogen-bond acceptors (Lipinski definition) is 6. The topological polar surface area (TPSA) is 59.3 Å². The van der Waals surface area contributed by atoms with Crippen molar-refractivity contribution < 1.29 is 4.74 Å². The van der Waals surface area contributed by atoms with Gasteiger partial charge in [-0.25, -0.2) is 4.68 Å². The van der Waals surface area contributed by atoms with Crippen LogP contribution in [0.4, 0.5) is 0 Å². The Balaban J connectivity index is 1.38. The minimum Gasteiger partial charge on any atom is -0.376 e. The molecule has 1 aromatic heterocycles. The van der Waals surface area contributed by atoms with Crippen molar-refractivity contribution in [1.82, 2.24) is 30.0 Å². The summed E-state index contributed by atoms with van der Waals surface area (Å²) >= 11 is 6.18. The van der Waals surface area contributed by atoms with E-state index >= 15 is 0 Å². The van der Waals surface area contributed by atoms with Crippen LogP contribution in [0.25, 0.3) is 0 Å². The van der Waals surface area contributed by atoms with Gasteiger partial charge in [0.15, 0.2) is 5.82 Å². The van der Waals surface area contributed by atoms with Gasteiger partial charge in [0, 0.05) is 43.9 Å². The van der Waals surface area contributed by atoms with Gasteiger partial charge in [-0.05, 0) is 53.8 Å². The molecule has 0 unspecified atom stereocenters. The predicted octanol–water partition coefficient (Wildman–Crippen LogP) is 3.16. The lowest BCUT2D eigenvalue weighted by molar-refractivity contribution is 0.0720. The monoisotopic (exact) mass is 430 g/mol. The summed E-state index contributed by atoms with van der Waals surface area (Å²) in [5, 5.41) is 13.6. The molecule has 3 heterocycles. The molecule has 0 amide bonds. The Morgan fingerprint density at radius 3 is 2.47 bits per heavy atom. The van der Waals surface area contributed by atoms with Crippen LogP contribution in [0.1, 0.15) is 56.0 Å². The SMILES string of the molecule is Clc1ccc([C@H](c2nnnn2C[C@@H]2CCCO2)N2CCN(C3CCCC3)CC2)cc1. The van der Waals surface area contributed by atoms with Crippen LogP contribution in [-0.2, 0) is 11.3 Å². The normalized spacial score (nSPS) is 25.2. The molecule has 0 bridgehead atoms. The highest BCUT2D eigenvalue weighted by Crippen LogP contribution is 2.31. The van der Waals surface area contributed by atoms with Crippen LogP contribution >= 0.6 is 11.6 Å². The minimum absolute atomic E-state index is 0.0318. The average Bonchev–Trinajstić information content (AvgIpc) is 3.54. The number of halogens is 1. The fourth-order valence-corrected chi connectivity index (χ4v) is 5.44. The molecule has 5 rings (SSSR count). The second-order valence-electron chi connectivity index (χ2n) is 8.82. The van der Waals surface area contributed by atoms with E-state index in [2.05, 4.69) is 37.5 Å². The number of nitrogens with zero attached hydrogens (tertiary/aromatic N) is 6. The smallest absolute Gasteiger partial charge is 0.173 e. The lowest BCUT2D eigenvalue weighted by atomic mass is 10.0. The Kier molecular flexibility index (Phi) is 6.32. The van der Waals surface area contributed by atoms with Crippen LogP contribution in [-0.4, -0.2) is 74.9 Å². The molecule has 0 spiro atoms. The van der Waals surface area contributed by atoms with Crippen molar-refractivity contribution in [2.24, 2.45) is 0 Å². The molecule has 3 fully saturated rings. The standard InChI is InChI=1S/C22H31ClN6O/c23-18-9-7-17(8-10-18)21(22-24-25-26-29(22)16-20-6-3-15-30-20)28-13-11-27(12-14-28)19-4-1-2-5-19/h7-10,19-21H,1-6,11-16H2/t20-,21+/m0/s1. The van der Waals surface area contributed by atoms with E-state index in [0.717, 1.165) is 62.5 Å². The molecular formula is C22H31ClN6O. The van der Waals surface area contributed by atoms with Gasteiger partial charge >= 0.3 is 0 Å². The minimum atomic E-state index is 0.0318. The highest BCUT2D eigenvalue weighted by atomic mass is 35.5. The Bertz CT molecular complexity index is 807. The van der Waals surface area contributed by atoms with E-state index in [1.165, 1.54) is 31.2 Å². The molecule has 2 atom stereocenters. The van der Waals surface area contributed by atoms with Gasteiger partial charge in [0.05, 0.1) is 18.7 Å². The fraction of sp³-hybridized carbons (Fsp3) is 0.682. The Hall–Kier alpha value is -1.54. The van der Waals surface area contributed by atoms with E-state index in [0.29, 0.717) is 6.54 Å². The second kappa shape index (κ2) is 9.30. The molecule has 1 aromatic carbocycles. The number of ether oxygens (including phenoxy) is 1. The van der Waals surface area contributed by atoms with E-state index in [4.69, 9.17) is 16.3 Å². The van der Waals surface area contributed by atoms with Gasteiger partial charge < -0.3 is 4.74 Å². The van der Waals surface area contributed by atoms with Crippen molar-refractivity contribution in [3.8, 4) is 0 Å². The van der Waals surface area contributed by atoms with Gasteiger partial charge in [-0.3, -0.25) is 9.80 Å². The molecule has 7 nitrogen and oxygen atoms in total. The third-order valence-electron chi connectivity index (χ3n) is 6.95. The van der Waals surface area contributed by atoms with Crippen molar-refractivity contribution in [2.45, 2.75) is 63.3 Å². The Morgan fingerprint density at radius 2 is 1.77 bits per heavy atom. The Morgan fingerprint density at radius 1 is 1.00 bits per heavy atom. The molecule has 1 aliphatic carbocycles. The first-order chi connectivity index (χ1) is 14.8. The van der Waals surface area contributed by atoms with Crippen LogP contribution in [0.2, 0.25) is 5.02 Å². The maximum atomic E-state index is 6.18. The highest BCUT2D eigenvalue weighted by molar-refractivity contribution is 6.30. The van der Waals surface area contributed by atoms with Gasteiger partial charge in [0.2, 0.25) is 0 Å². The summed E-state index contributed by atoms with van der Waals surface area (Å²) in [7, 11) is 0. The molecule has 8 heteroatoms. The summed E-state index contributed by atoms with van der Waals surface area (Å²) in [6.07, 6.45) is 7.89. The van der Waals surface area contributed by atoms with Gasteiger partial charge in [0.25, 0.3) is 0 Å². The number of rotatable bonds is 6. The van der Waals surface area contributed by atoms with E-state index in [1.54, 1.807) is 0 Å². The molecule has 3 aliphatic rings. The van der Waals surface area contributed by atoms with E-state index in [-0.39, 0.29) is 12.1 Å². The van der Waals surface area contributed by atoms with Gasteiger partial charge in [0.1, 0.15) is 0 Å². The molecule has 0 radical (unpaired) electrons. The first-order valence-electron chi connectivity index (χ1n) is 11.4. The van der Waals surface area contributed by atoms with Crippen molar-refractivity contribution in [3.05, 3.63) is 40.7 Å². The summed E-state index contributed by atoms with van der Waals surface area (Å²) in [6, 6.07) is 8.97. The lowest BCUT2D eigenvalue weighted by Gasteiger charge is -2.41. The quantitative estimate of drug-likeness (QED) is 0.701. The molecule has 2 saturated heterocycles. The van der Waals surface area contributed by atoms with Crippen LogP contribution in [0, 0.1) is 0 Å². The van der Waals surface area contributed by atoms with Crippen molar-refractivity contribution in [3.63, 3.8) is 0 Å². The van der Waals surface area contributed by atoms with Crippen molar-refractivity contribution in [1.29, 1.82) is 0 Å². The van der Waals surface area contributed by atoms with Crippen molar-refractivity contribution in [2.75, 3.05) is 32.8 Å². The number of aromatic nitrogens is 4. The number of tetrazole rings is 1. The van der Waals surface area contributed by atoms with Gasteiger partial charge in [-0.2, -0.15) is 0 Å². The van der Waals surface area contributed by atoms with E-state index in [9.17, 15) is 0 Å². The van der Waals surface area contributed by atoms with Crippen LogP contribution in [0.5, 0.6) is 0 Å². The van der Waals surface area contributed by atoms with Crippen molar-refractivity contribution >= 4 is 11.6 Å². The molecule has 30 heavy (non-hydrogen) atoms. The maximum absolute atomic E-state index is 6.18. The third-order valence-corrected chi connectivity index (χ3v) is 7.20. The third kappa shape index (κ3) is 4.40. The zero-order valence-corrected chi connectivity index (χ0v) is 18.3. The first-order valence-corrected chi connectivity index (χ1v) is 11.8. The Labute approximate surface area is 183 Å². The number of benzene rings is 1. The fourth-order valence-electron chi connectivity index (χ4n) is 5.32. The molecule has 2 aliphatic heterocycles. The van der Waals surface area contributed by atoms with Crippen LogP contribution < -0.4 is 0 Å². The maximum Gasteiger partial charge on any atom is 0.173 e. The highest BCUT2D eigenvalue weighted by Gasteiger charge is 2.33. The lowest BCUT2D eigenvalue weighted by Crippen LogP contribution is -2.51. The van der Waals surface area contributed by atoms with Gasteiger partial charge in [-0.15, -0.1) is 5.10 Å². The molecular weight excluding hydrogens is 400 g/mol. The number of hydrogen-bond donors (Lipinski definition) is 0. The largest absolute Gasteiger partial charge is 0.376 e. The predicted molar refractivity (Wildman–Crippen MR) is 115 cm³/mol. The van der Waals surface area contributed by atoms with E-state index in [1.807, 2.05) is 16.8 Å². The second-order valence-corrected chi connectivity index (χ2v) is 9.25. The average molecular weight is 431 g/mol. The summed E-state index contributed by atoms with van der Waals surface area (Å²) in [5.74, 6) is 0.905. The molecule has 162 valence electrons. The zero-order chi connectivity index (χ0) is 20.3. The summed E-state index contributed by atoms with van der Waals surface area (Å²) in [5.41, 5.74) is 1.19. The summed E-state index contributed by atoms with van der Waals surface area (Å²) < 4.78 is 7.80. The summed E-state index contributed by atoms with van der Waals surface area (Å²) in [6.45, 7) is 5.83. The number of piperazine rings is 1. The summed E-state index contributed by atoms with van der Waals surface area (Å²) in [4.78, 5) is 5.23. The van der Waals surface area contributed by atoms with E-state index < -0.39 is 0 Å². The first kappa shape index (κ1) is 20.4. The van der Waals surface area contributed by atoms with Crippen LogP contribution in [0.15, 0.2) is 24.3 Å². The molecule has 2 aromatic rings.